The maximum absolute atomic E-state index is 5.72. The molecule has 0 aliphatic carbocycles. The summed E-state index contributed by atoms with van der Waals surface area (Å²) in [5.74, 6) is 2.72. The van der Waals surface area contributed by atoms with Crippen molar-refractivity contribution in [2.75, 3.05) is 18.6 Å². The van der Waals surface area contributed by atoms with E-state index >= 15 is 0 Å². The van der Waals surface area contributed by atoms with E-state index in [-0.39, 0.29) is 0 Å². The molecule has 0 saturated carbocycles. The lowest BCUT2D eigenvalue weighted by atomic mass is 10.2. The van der Waals surface area contributed by atoms with Crippen molar-refractivity contribution in [2.24, 2.45) is 0 Å². The number of nitrogens with zero attached hydrogens (tertiary/aromatic N) is 1. The fourth-order valence-corrected chi connectivity index (χ4v) is 1.69. The molecule has 0 aliphatic heterocycles. The van der Waals surface area contributed by atoms with Gasteiger partial charge in [0.25, 0.3) is 0 Å². The minimum Gasteiger partial charge on any atom is -0.492 e. The number of para-hydroxylation sites is 1. The topological polar surface area (TPSA) is 37.9 Å². The zero-order chi connectivity index (χ0) is 11.2. The Morgan fingerprint density at radius 3 is 3.00 bits per heavy atom. The summed E-state index contributed by atoms with van der Waals surface area (Å²) >= 11 is 1.78. The molecule has 0 saturated heterocycles. The van der Waals surface area contributed by atoms with E-state index in [9.17, 15) is 0 Å². The zero-order valence-electron chi connectivity index (χ0n) is 9.14. The van der Waals surface area contributed by atoms with Crippen molar-refractivity contribution in [3.8, 4) is 17.1 Å². The molecule has 0 amide bonds. The largest absolute Gasteiger partial charge is 0.492 e. The van der Waals surface area contributed by atoms with Crippen LogP contribution in [0.15, 0.2) is 36.7 Å². The molecule has 3 nitrogen and oxygen atoms in total. The van der Waals surface area contributed by atoms with Crippen molar-refractivity contribution in [3.05, 3.63) is 36.7 Å². The third kappa shape index (κ3) is 2.58. The molecule has 4 heteroatoms. The lowest BCUT2D eigenvalue weighted by Gasteiger charge is -2.08. The number of nitrogens with one attached hydrogen (secondary N) is 1. The van der Waals surface area contributed by atoms with Crippen LogP contribution in [-0.2, 0) is 0 Å². The van der Waals surface area contributed by atoms with Crippen molar-refractivity contribution in [1.82, 2.24) is 9.97 Å². The molecule has 0 radical (unpaired) electrons. The number of hydrogen-bond donors (Lipinski definition) is 1. The van der Waals surface area contributed by atoms with E-state index in [1.54, 1.807) is 18.0 Å². The molecule has 1 aromatic heterocycles. The summed E-state index contributed by atoms with van der Waals surface area (Å²) in [6.07, 6.45) is 5.63. The van der Waals surface area contributed by atoms with Crippen LogP contribution < -0.4 is 4.74 Å². The van der Waals surface area contributed by atoms with Crippen molar-refractivity contribution in [2.45, 2.75) is 0 Å². The van der Waals surface area contributed by atoms with Gasteiger partial charge in [-0.1, -0.05) is 12.1 Å². The quantitative estimate of drug-likeness (QED) is 0.808. The summed E-state index contributed by atoms with van der Waals surface area (Å²) in [7, 11) is 0. The van der Waals surface area contributed by atoms with Gasteiger partial charge in [-0.3, -0.25) is 0 Å². The number of rotatable bonds is 5. The summed E-state index contributed by atoms with van der Waals surface area (Å²) < 4.78 is 5.72. The van der Waals surface area contributed by atoms with Gasteiger partial charge in [0.2, 0.25) is 0 Å². The highest BCUT2D eigenvalue weighted by atomic mass is 32.2. The molecule has 0 unspecified atom stereocenters. The average Bonchev–Trinajstić information content (AvgIpc) is 2.83. The fraction of sp³-hybridized carbons (Fsp3) is 0.250. The highest BCUT2D eigenvalue weighted by Gasteiger charge is 2.06. The number of H-pyrrole nitrogens is 1. The van der Waals surface area contributed by atoms with Gasteiger partial charge in [-0.15, -0.1) is 0 Å². The number of hydrogen-bond acceptors (Lipinski definition) is 3. The Morgan fingerprint density at radius 2 is 2.25 bits per heavy atom. The first kappa shape index (κ1) is 11.1. The maximum atomic E-state index is 5.72. The van der Waals surface area contributed by atoms with Gasteiger partial charge in [0.1, 0.15) is 11.6 Å². The molecule has 16 heavy (non-hydrogen) atoms. The number of aromatic amines is 1. The molecule has 0 fully saturated rings. The van der Waals surface area contributed by atoms with Crippen LogP contribution >= 0.6 is 11.8 Å². The minimum absolute atomic E-state index is 0.721. The second-order valence-electron chi connectivity index (χ2n) is 3.28. The van der Waals surface area contributed by atoms with Crippen molar-refractivity contribution in [3.63, 3.8) is 0 Å². The van der Waals surface area contributed by atoms with Crippen molar-refractivity contribution in [1.29, 1.82) is 0 Å². The van der Waals surface area contributed by atoms with Gasteiger partial charge in [0.05, 0.1) is 12.2 Å². The Balaban J connectivity index is 2.18. The molecule has 1 N–H and O–H groups in total. The molecule has 0 bridgehead atoms. The summed E-state index contributed by atoms with van der Waals surface area (Å²) in [4.78, 5) is 7.32. The second-order valence-corrected chi connectivity index (χ2v) is 4.26. The lowest BCUT2D eigenvalue weighted by molar-refractivity contribution is 0.345. The molecule has 2 rings (SSSR count). The number of thioether (sulfide) groups is 1. The van der Waals surface area contributed by atoms with Gasteiger partial charge in [-0.25, -0.2) is 4.98 Å². The standard InChI is InChI=1S/C12H14N2OS/c1-16-9-8-15-11-5-3-2-4-10(11)12-13-6-7-14-12/h2-7H,8-9H2,1H3,(H,13,14). The number of ether oxygens (including phenoxy) is 1. The molecular formula is C12H14N2OS. The monoisotopic (exact) mass is 234 g/mol. The summed E-state index contributed by atoms with van der Waals surface area (Å²) in [5, 5.41) is 0. The Kier molecular flexibility index (Phi) is 3.88. The number of imidazole rings is 1. The van der Waals surface area contributed by atoms with Crippen LogP contribution in [0.3, 0.4) is 0 Å². The third-order valence-corrected chi connectivity index (χ3v) is 2.76. The normalized spacial score (nSPS) is 10.3. The second kappa shape index (κ2) is 5.61. The van der Waals surface area contributed by atoms with Gasteiger partial charge in [0, 0.05) is 18.1 Å². The van der Waals surface area contributed by atoms with E-state index in [1.807, 2.05) is 30.5 Å². The molecule has 1 aromatic carbocycles. The van der Waals surface area contributed by atoms with Gasteiger partial charge >= 0.3 is 0 Å². The van der Waals surface area contributed by atoms with E-state index in [0.717, 1.165) is 29.5 Å². The minimum atomic E-state index is 0.721. The van der Waals surface area contributed by atoms with Gasteiger partial charge in [-0.2, -0.15) is 11.8 Å². The van der Waals surface area contributed by atoms with E-state index in [1.165, 1.54) is 0 Å². The number of benzene rings is 1. The van der Waals surface area contributed by atoms with Crippen molar-refractivity contribution >= 4 is 11.8 Å². The molecule has 84 valence electrons. The lowest BCUT2D eigenvalue weighted by Crippen LogP contribution is -2.01. The Morgan fingerprint density at radius 1 is 1.38 bits per heavy atom. The van der Waals surface area contributed by atoms with Gasteiger partial charge < -0.3 is 9.72 Å². The van der Waals surface area contributed by atoms with Gasteiger partial charge in [0.15, 0.2) is 0 Å². The average molecular weight is 234 g/mol. The van der Waals surface area contributed by atoms with E-state index in [0.29, 0.717) is 0 Å². The van der Waals surface area contributed by atoms with Crippen LogP contribution in [0.5, 0.6) is 5.75 Å². The predicted octanol–water partition coefficient (Wildman–Crippen LogP) is 2.82. The molecule has 0 spiro atoms. The SMILES string of the molecule is CSCCOc1ccccc1-c1ncc[nH]1. The van der Waals surface area contributed by atoms with Crippen LogP contribution in [0, 0.1) is 0 Å². The summed E-state index contributed by atoms with van der Waals surface area (Å²) in [5.41, 5.74) is 1.01. The molecule has 1 heterocycles. The van der Waals surface area contributed by atoms with Crippen LogP contribution in [0.4, 0.5) is 0 Å². The highest BCUT2D eigenvalue weighted by molar-refractivity contribution is 7.98. The van der Waals surface area contributed by atoms with Crippen LogP contribution in [0.1, 0.15) is 0 Å². The van der Waals surface area contributed by atoms with Crippen LogP contribution in [0.2, 0.25) is 0 Å². The Hall–Kier alpha value is -1.42. The van der Waals surface area contributed by atoms with Crippen molar-refractivity contribution < 1.29 is 4.74 Å². The van der Waals surface area contributed by atoms with E-state index in [4.69, 9.17) is 4.74 Å². The fourth-order valence-electron chi connectivity index (χ4n) is 1.44. The Labute approximate surface area is 99.2 Å². The highest BCUT2D eigenvalue weighted by Crippen LogP contribution is 2.26. The van der Waals surface area contributed by atoms with E-state index in [2.05, 4.69) is 16.2 Å². The first-order chi connectivity index (χ1) is 7.92. The molecular weight excluding hydrogens is 220 g/mol. The first-order valence-corrected chi connectivity index (χ1v) is 6.51. The predicted molar refractivity (Wildman–Crippen MR) is 67.9 cm³/mol. The molecule has 2 aromatic rings. The van der Waals surface area contributed by atoms with Crippen LogP contribution in [-0.4, -0.2) is 28.6 Å². The number of aromatic nitrogens is 2. The molecule has 0 atom stereocenters. The van der Waals surface area contributed by atoms with E-state index < -0.39 is 0 Å². The maximum Gasteiger partial charge on any atom is 0.141 e. The Bertz CT molecular complexity index is 428. The summed E-state index contributed by atoms with van der Waals surface area (Å²) in [6, 6.07) is 7.94. The smallest absolute Gasteiger partial charge is 0.141 e. The molecule has 0 aliphatic rings. The van der Waals surface area contributed by atoms with Crippen LogP contribution in [0.25, 0.3) is 11.4 Å². The first-order valence-electron chi connectivity index (χ1n) is 5.12. The zero-order valence-corrected chi connectivity index (χ0v) is 9.96. The summed E-state index contributed by atoms with van der Waals surface area (Å²) in [6.45, 7) is 0.721. The van der Waals surface area contributed by atoms with Gasteiger partial charge in [-0.05, 0) is 18.4 Å². The third-order valence-electron chi connectivity index (χ3n) is 2.19.